The van der Waals surface area contributed by atoms with E-state index >= 15 is 0 Å². The summed E-state index contributed by atoms with van der Waals surface area (Å²) in [5.41, 5.74) is 3.04. The van der Waals surface area contributed by atoms with E-state index < -0.39 is 0 Å². The Balaban J connectivity index is 2.02. The Kier molecular flexibility index (Phi) is 4.24. The van der Waals surface area contributed by atoms with Crippen LogP contribution in [0.3, 0.4) is 0 Å². The maximum atomic E-state index is 10.2. The molecule has 0 radical (unpaired) electrons. The van der Waals surface area contributed by atoms with E-state index in [1.807, 2.05) is 45.4 Å². The number of phenolic OH excluding ortho intramolecular Hbond substituents is 1. The average molecular weight is 331 g/mol. The van der Waals surface area contributed by atoms with Crippen molar-refractivity contribution >= 4 is 22.6 Å². The van der Waals surface area contributed by atoms with E-state index in [1.54, 1.807) is 0 Å². The Bertz CT molecular complexity index is 834. The number of hydrogen-bond donors (Lipinski definition) is 1. The van der Waals surface area contributed by atoms with Gasteiger partial charge in [0.15, 0.2) is 5.65 Å². The molecule has 120 valence electrons. The molecule has 23 heavy (non-hydrogen) atoms. The Morgan fingerprint density at radius 3 is 2.70 bits per heavy atom. The van der Waals surface area contributed by atoms with Crippen LogP contribution in [0.25, 0.3) is 22.3 Å². The number of aryl methyl sites for hydroxylation is 1. The molecule has 5 nitrogen and oxygen atoms in total. The van der Waals surface area contributed by atoms with Gasteiger partial charge in [-0.25, -0.2) is 0 Å². The lowest BCUT2D eigenvalue weighted by atomic mass is 10.0. The molecule has 0 unspecified atom stereocenters. The predicted molar refractivity (Wildman–Crippen MR) is 92.9 cm³/mol. The zero-order valence-corrected chi connectivity index (χ0v) is 14.2. The molecule has 2 aromatic heterocycles. The summed E-state index contributed by atoms with van der Waals surface area (Å²) in [6, 6.07) is 7.30. The van der Waals surface area contributed by atoms with Crippen LogP contribution in [0.15, 0.2) is 30.5 Å². The van der Waals surface area contributed by atoms with Crippen LogP contribution in [0.4, 0.5) is 0 Å². The Morgan fingerprint density at radius 1 is 1.22 bits per heavy atom. The highest BCUT2D eigenvalue weighted by Gasteiger charge is 2.13. The Hall–Kier alpha value is -2.11. The van der Waals surface area contributed by atoms with Crippen LogP contribution in [-0.4, -0.2) is 45.4 Å². The monoisotopic (exact) mass is 330 g/mol. The lowest BCUT2D eigenvalue weighted by molar-refractivity contribution is 0.386. The molecule has 0 atom stereocenters. The number of phenols is 1. The lowest BCUT2D eigenvalue weighted by Gasteiger charge is -2.11. The fourth-order valence-corrected chi connectivity index (χ4v) is 2.92. The topological polar surface area (TPSA) is 54.2 Å². The van der Waals surface area contributed by atoms with Crippen molar-refractivity contribution in [2.45, 2.75) is 13.5 Å². The van der Waals surface area contributed by atoms with Crippen LogP contribution < -0.4 is 0 Å². The summed E-state index contributed by atoms with van der Waals surface area (Å²) < 4.78 is 2.08. The minimum absolute atomic E-state index is 0.121. The highest BCUT2D eigenvalue weighted by Crippen LogP contribution is 2.34. The number of rotatable bonds is 4. The summed E-state index contributed by atoms with van der Waals surface area (Å²) in [6.45, 7) is 3.69. The molecule has 0 bridgehead atoms. The van der Waals surface area contributed by atoms with E-state index in [2.05, 4.69) is 19.7 Å². The van der Waals surface area contributed by atoms with Crippen molar-refractivity contribution in [2.75, 3.05) is 20.6 Å². The molecule has 6 heteroatoms. The van der Waals surface area contributed by atoms with Crippen LogP contribution >= 0.6 is 11.6 Å². The van der Waals surface area contributed by atoms with E-state index in [-0.39, 0.29) is 5.75 Å². The molecule has 1 aromatic carbocycles. The number of likely N-dealkylation sites (N-methyl/N-ethyl adjacent to an activating group) is 1. The number of aromatic nitrogens is 3. The average Bonchev–Trinajstić information content (AvgIpc) is 2.86. The van der Waals surface area contributed by atoms with Crippen LogP contribution in [-0.2, 0) is 6.54 Å². The Labute approximate surface area is 140 Å². The third-order valence-corrected chi connectivity index (χ3v) is 4.05. The second-order valence-corrected chi connectivity index (χ2v) is 6.37. The molecular formula is C17H19ClN4O. The first-order valence-corrected chi connectivity index (χ1v) is 7.80. The minimum atomic E-state index is 0.121. The number of fused-ring (bicyclic) bond motifs is 1. The largest absolute Gasteiger partial charge is 0.507 e. The summed E-state index contributed by atoms with van der Waals surface area (Å²) in [6.07, 6.45) is 2.02. The van der Waals surface area contributed by atoms with E-state index in [0.29, 0.717) is 16.3 Å². The highest BCUT2D eigenvalue weighted by atomic mass is 35.5. The molecule has 2 heterocycles. The molecule has 0 amide bonds. The van der Waals surface area contributed by atoms with Gasteiger partial charge in [0, 0.05) is 35.3 Å². The summed E-state index contributed by atoms with van der Waals surface area (Å²) in [7, 11) is 4.09. The first-order valence-electron chi connectivity index (χ1n) is 7.42. The van der Waals surface area contributed by atoms with Crippen LogP contribution in [0.5, 0.6) is 5.75 Å². The zero-order chi connectivity index (χ0) is 16.6. The first kappa shape index (κ1) is 15.8. The lowest BCUT2D eigenvalue weighted by Crippen LogP contribution is -2.18. The minimum Gasteiger partial charge on any atom is -0.507 e. The number of benzene rings is 1. The van der Waals surface area contributed by atoms with Gasteiger partial charge in [-0.1, -0.05) is 11.6 Å². The van der Waals surface area contributed by atoms with Crippen LogP contribution in [0.2, 0.25) is 5.02 Å². The van der Waals surface area contributed by atoms with Crippen molar-refractivity contribution in [1.82, 2.24) is 19.7 Å². The van der Waals surface area contributed by atoms with Crippen molar-refractivity contribution in [3.05, 3.63) is 41.0 Å². The molecular weight excluding hydrogens is 312 g/mol. The predicted octanol–water partition coefficient (Wildman–Crippen LogP) is 3.33. The number of aromatic hydroxyl groups is 1. The van der Waals surface area contributed by atoms with Crippen molar-refractivity contribution in [1.29, 1.82) is 0 Å². The SMILES string of the molecule is Cc1cc(Cl)cc(O)c1-c1cc2ccn(CCN(C)C)c2nn1. The van der Waals surface area contributed by atoms with Gasteiger partial charge < -0.3 is 14.6 Å². The second kappa shape index (κ2) is 6.18. The van der Waals surface area contributed by atoms with Gasteiger partial charge in [0.2, 0.25) is 0 Å². The van der Waals surface area contributed by atoms with Gasteiger partial charge in [-0.2, -0.15) is 0 Å². The van der Waals surface area contributed by atoms with Gasteiger partial charge >= 0.3 is 0 Å². The fourth-order valence-electron chi connectivity index (χ4n) is 2.66. The van der Waals surface area contributed by atoms with Gasteiger partial charge in [-0.3, -0.25) is 0 Å². The van der Waals surface area contributed by atoms with E-state index in [4.69, 9.17) is 11.6 Å². The molecule has 3 rings (SSSR count). The summed E-state index contributed by atoms with van der Waals surface area (Å²) in [5, 5.41) is 20.3. The molecule has 0 saturated heterocycles. The normalized spacial score (nSPS) is 11.5. The van der Waals surface area contributed by atoms with Crippen LogP contribution in [0.1, 0.15) is 5.56 Å². The third kappa shape index (κ3) is 3.16. The first-order chi connectivity index (χ1) is 11.0. The molecule has 3 aromatic rings. The molecule has 1 N–H and O–H groups in total. The maximum absolute atomic E-state index is 10.2. The third-order valence-electron chi connectivity index (χ3n) is 3.83. The van der Waals surface area contributed by atoms with Gasteiger partial charge in [0.25, 0.3) is 0 Å². The second-order valence-electron chi connectivity index (χ2n) is 5.94. The number of hydrogen-bond acceptors (Lipinski definition) is 4. The van der Waals surface area contributed by atoms with E-state index in [9.17, 15) is 5.11 Å². The van der Waals surface area contributed by atoms with Gasteiger partial charge in [0.1, 0.15) is 5.75 Å². The van der Waals surface area contributed by atoms with Crippen molar-refractivity contribution in [3.63, 3.8) is 0 Å². The Morgan fingerprint density at radius 2 is 2.00 bits per heavy atom. The quantitative estimate of drug-likeness (QED) is 0.797. The fraction of sp³-hybridized carbons (Fsp3) is 0.294. The highest BCUT2D eigenvalue weighted by molar-refractivity contribution is 6.31. The molecule has 0 aliphatic rings. The molecule has 0 fully saturated rings. The van der Waals surface area contributed by atoms with Crippen molar-refractivity contribution < 1.29 is 5.11 Å². The number of nitrogens with zero attached hydrogens (tertiary/aromatic N) is 4. The van der Waals surface area contributed by atoms with Crippen molar-refractivity contribution in [2.24, 2.45) is 0 Å². The van der Waals surface area contributed by atoms with Gasteiger partial charge in [-0.05, 0) is 50.8 Å². The summed E-state index contributed by atoms with van der Waals surface area (Å²) in [4.78, 5) is 2.13. The van der Waals surface area contributed by atoms with Gasteiger partial charge in [-0.15, -0.1) is 10.2 Å². The van der Waals surface area contributed by atoms with Gasteiger partial charge in [0.05, 0.1) is 5.69 Å². The molecule has 0 spiro atoms. The summed E-state index contributed by atoms with van der Waals surface area (Å²) in [5.74, 6) is 0.121. The zero-order valence-electron chi connectivity index (χ0n) is 13.4. The molecule has 0 aliphatic heterocycles. The molecule has 0 saturated carbocycles. The van der Waals surface area contributed by atoms with Crippen molar-refractivity contribution in [3.8, 4) is 17.0 Å². The van der Waals surface area contributed by atoms with E-state index in [1.165, 1.54) is 6.07 Å². The van der Waals surface area contributed by atoms with Crippen LogP contribution in [0, 0.1) is 6.92 Å². The smallest absolute Gasteiger partial charge is 0.162 e. The van der Waals surface area contributed by atoms with E-state index in [0.717, 1.165) is 29.7 Å². The molecule has 0 aliphatic carbocycles. The maximum Gasteiger partial charge on any atom is 0.162 e. The standard InChI is InChI=1S/C17H19ClN4O/c1-11-8-13(18)10-15(23)16(11)14-9-12-4-5-22(7-6-21(2)3)17(12)20-19-14/h4-5,8-10,23H,6-7H2,1-3H3. The summed E-state index contributed by atoms with van der Waals surface area (Å²) >= 11 is 5.97. The number of halogens is 1.